The van der Waals surface area contributed by atoms with Crippen molar-refractivity contribution in [2.24, 2.45) is 0 Å². The number of ketones is 1. The molecule has 1 aromatic rings. The first-order chi connectivity index (χ1) is 8.99. The lowest BCUT2D eigenvalue weighted by Crippen LogP contribution is -2.34. The number of benzene rings is 1. The van der Waals surface area contributed by atoms with Gasteiger partial charge < -0.3 is 9.64 Å². The molecule has 0 saturated carbocycles. The number of hydrogen-bond acceptors (Lipinski definition) is 3. The van der Waals surface area contributed by atoms with Gasteiger partial charge in [0.2, 0.25) is 0 Å². The molecule has 19 heavy (non-hydrogen) atoms. The van der Waals surface area contributed by atoms with Crippen LogP contribution in [0.25, 0.3) is 0 Å². The molecular formula is C14H18BrNO3. The lowest BCUT2D eigenvalue weighted by atomic mass is 10.1. The number of likely N-dealkylation sites (N-methyl/N-ethyl adjacent to an activating group) is 1. The van der Waals surface area contributed by atoms with Crippen molar-refractivity contribution in [3.63, 3.8) is 0 Å². The lowest BCUT2D eigenvalue weighted by molar-refractivity contribution is -0.132. The first-order valence-electron chi connectivity index (χ1n) is 6.20. The quantitative estimate of drug-likeness (QED) is 0.755. The van der Waals surface area contributed by atoms with Crippen molar-refractivity contribution in [3.05, 3.63) is 28.2 Å². The molecule has 0 aromatic heterocycles. The number of carbonyl (C=O) groups excluding carboxylic acids is 2. The van der Waals surface area contributed by atoms with E-state index >= 15 is 0 Å². The molecule has 4 nitrogen and oxygen atoms in total. The highest BCUT2D eigenvalue weighted by Crippen LogP contribution is 2.24. The van der Waals surface area contributed by atoms with E-state index in [1.54, 1.807) is 23.1 Å². The summed E-state index contributed by atoms with van der Waals surface area (Å²) in [7, 11) is 0. The molecule has 0 fully saturated rings. The molecule has 1 aromatic carbocycles. The minimum absolute atomic E-state index is 0.0571. The number of amides is 1. The molecule has 0 aliphatic heterocycles. The standard InChI is InChI=1S/C14H18BrNO3/c1-4-16(5-2)14(18)9-19-13-8-11(15)6-7-12(13)10(3)17/h6-8H,4-5,9H2,1-3H3. The molecule has 0 bridgehead atoms. The molecule has 0 N–H and O–H groups in total. The lowest BCUT2D eigenvalue weighted by Gasteiger charge is -2.19. The van der Waals surface area contributed by atoms with Gasteiger partial charge in [-0.25, -0.2) is 0 Å². The fraction of sp³-hybridized carbons (Fsp3) is 0.429. The van der Waals surface area contributed by atoms with Crippen molar-refractivity contribution in [1.82, 2.24) is 4.90 Å². The summed E-state index contributed by atoms with van der Waals surface area (Å²) in [5.41, 5.74) is 0.482. The third kappa shape index (κ3) is 4.35. The maximum Gasteiger partial charge on any atom is 0.260 e. The zero-order valence-electron chi connectivity index (χ0n) is 11.4. The van der Waals surface area contributed by atoms with Crippen LogP contribution in [0, 0.1) is 0 Å². The van der Waals surface area contributed by atoms with E-state index in [1.807, 2.05) is 13.8 Å². The van der Waals surface area contributed by atoms with E-state index in [2.05, 4.69) is 15.9 Å². The normalized spacial score (nSPS) is 10.1. The van der Waals surface area contributed by atoms with Gasteiger partial charge in [0.15, 0.2) is 12.4 Å². The SMILES string of the molecule is CCN(CC)C(=O)COc1cc(Br)ccc1C(C)=O. The molecule has 0 unspecified atom stereocenters. The number of rotatable bonds is 6. The zero-order chi connectivity index (χ0) is 14.4. The van der Waals surface area contributed by atoms with E-state index in [0.717, 1.165) is 4.47 Å². The van der Waals surface area contributed by atoms with Crippen LogP contribution in [-0.4, -0.2) is 36.3 Å². The van der Waals surface area contributed by atoms with Crippen molar-refractivity contribution in [2.75, 3.05) is 19.7 Å². The molecule has 0 aliphatic carbocycles. The average molecular weight is 328 g/mol. The zero-order valence-corrected chi connectivity index (χ0v) is 13.0. The second-order valence-corrected chi connectivity index (χ2v) is 4.97. The number of ether oxygens (including phenoxy) is 1. The third-order valence-electron chi connectivity index (χ3n) is 2.79. The summed E-state index contributed by atoms with van der Waals surface area (Å²) in [5, 5.41) is 0. The Labute approximate surface area is 121 Å². The third-order valence-corrected chi connectivity index (χ3v) is 3.28. The molecule has 0 heterocycles. The Bertz CT molecular complexity index is 470. The second-order valence-electron chi connectivity index (χ2n) is 4.05. The van der Waals surface area contributed by atoms with E-state index in [-0.39, 0.29) is 18.3 Å². The van der Waals surface area contributed by atoms with Gasteiger partial charge in [-0.05, 0) is 39.0 Å². The van der Waals surface area contributed by atoms with Crippen LogP contribution < -0.4 is 4.74 Å². The molecule has 0 aliphatic rings. The van der Waals surface area contributed by atoms with Crippen LogP contribution in [-0.2, 0) is 4.79 Å². The molecule has 104 valence electrons. The van der Waals surface area contributed by atoms with Crippen LogP contribution >= 0.6 is 15.9 Å². The van der Waals surface area contributed by atoms with Gasteiger partial charge in [-0.1, -0.05) is 15.9 Å². The topological polar surface area (TPSA) is 46.6 Å². The maximum atomic E-state index is 11.8. The fourth-order valence-electron chi connectivity index (χ4n) is 1.71. The largest absolute Gasteiger partial charge is 0.483 e. The van der Waals surface area contributed by atoms with Crippen molar-refractivity contribution in [1.29, 1.82) is 0 Å². The minimum atomic E-state index is -0.0854. The summed E-state index contributed by atoms with van der Waals surface area (Å²) in [6.45, 7) is 6.55. The van der Waals surface area contributed by atoms with Gasteiger partial charge in [0, 0.05) is 17.6 Å². The van der Waals surface area contributed by atoms with Gasteiger partial charge in [0.25, 0.3) is 5.91 Å². The highest BCUT2D eigenvalue weighted by Gasteiger charge is 2.13. The molecule has 0 atom stereocenters. The monoisotopic (exact) mass is 327 g/mol. The Balaban J connectivity index is 2.79. The summed E-state index contributed by atoms with van der Waals surface area (Å²) >= 11 is 3.32. The smallest absolute Gasteiger partial charge is 0.260 e. The first-order valence-corrected chi connectivity index (χ1v) is 6.99. The van der Waals surface area contributed by atoms with Crippen LogP contribution in [0.3, 0.4) is 0 Å². The summed E-state index contributed by atoms with van der Waals surface area (Å²) in [4.78, 5) is 25.0. The molecule has 5 heteroatoms. The van der Waals surface area contributed by atoms with E-state index in [0.29, 0.717) is 24.4 Å². The van der Waals surface area contributed by atoms with Gasteiger partial charge in [-0.2, -0.15) is 0 Å². The van der Waals surface area contributed by atoms with Gasteiger partial charge in [-0.3, -0.25) is 9.59 Å². The number of nitrogens with zero attached hydrogens (tertiary/aromatic N) is 1. The Morgan fingerprint density at radius 3 is 2.42 bits per heavy atom. The van der Waals surface area contributed by atoms with Crippen LogP contribution in [0.1, 0.15) is 31.1 Å². The molecule has 1 amide bonds. The fourth-order valence-corrected chi connectivity index (χ4v) is 2.05. The van der Waals surface area contributed by atoms with Gasteiger partial charge in [-0.15, -0.1) is 0 Å². The molecule has 0 radical (unpaired) electrons. The summed E-state index contributed by atoms with van der Waals surface area (Å²) < 4.78 is 6.29. The molecule has 1 rings (SSSR count). The predicted molar refractivity (Wildman–Crippen MR) is 77.6 cm³/mol. The van der Waals surface area contributed by atoms with E-state index in [9.17, 15) is 9.59 Å². The second kappa shape index (κ2) is 7.28. The van der Waals surface area contributed by atoms with E-state index in [4.69, 9.17) is 4.74 Å². The van der Waals surface area contributed by atoms with Crippen LogP contribution in [0.2, 0.25) is 0 Å². The first kappa shape index (κ1) is 15.7. The number of carbonyl (C=O) groups is 2. The van der Waals surface area contributed by atoms with E-state index < -0.39 is 0 Å². The minimum Gasteiger partial charge on any atom is -0.483 e. The summed E-state index contributed by atoms with van der Waals surface area (Å²) in [6, 6.07) is 5.16. The van der Waals surface area contributed by atoms with Crippen molar-refractivity contribution in [2.45, 2.75) is 20.8 Å². The Morgan fingerprint density at radius 1 is 1.26 bits per heavy atom. The van der Waals surface area contributed by atoms with Crippen molar-refractivity contribution < 1.29 is 14.3 Å². The van der Waals surface area contributed by atoms with Gasteiger partial charge in [0.05, 0.1) is 5.56 Å². The van der Waals surface area contributed by atoms with E-state index in [1.165, 1.54) is 6.92 Å². The van der Waals surface area contributed by atoms with Crippen molar-refractivity contribution in [3.8, 4) is 5.75 Å². The molecular weight excluding hydrogens is 310 g/mol. The summed E-state index contributed by atoms with van der Waals surface area (Å²) in [5.74, 6) is 0.264. The summed E-state index contributed by atoms with van der Waals surface area (Å²) in [6.07, 6.45) is 0. The molecule has 0 spiro atoms. The number of hydrogen-bond donors (Lipinski definition) is 0. The molecule has 0 saturated heterocycles. The Morgan fingerprint density at radius 2 is 1.89 bits per heavy atom. The van der Waals surface area contributed by atoms with Gasteiger partial charge >= 0.3 is 0 Å². The number of Topliss-reactive ketones (excluding diaryl/α,β-unsaturated/α-hetero) is 1. The van der Waals surface area contributed by atoms with Crippen LogP contribution in [0.4, 0.5) is 0 Å². The van der Waals surface area contributed by atoms with Crippen LogP contribution in [0.15, 0.2) is 22.7 Å². The van der Waals surface area contributed by atoms with Crippen molar-refractivity contribution >= 4 is 27.6 Å². The predicted octanol–water partition coefficient (Wildman–Crippen LogP) is 2.90. The number of halogens is 1. The van der Waals surface area contributed by atoms with Crippen LogP contribution in [0.5, 0.6) is 5.75 Å². The Hall–Kier alpha value is -1.36. The highest BCUT2D eigenvalue weighted by molar-refractivity contribution is 9.10. The average Bonchev–Trinajstić information content (AvgIpc) is 2.37. The maximum absolute atomic E-state index is 11.8. The van der Waals surface area contributed by atoms with Gasteiger partial charge in [0.1, 0.15) is 5.75 Å². The Kier molecular flexibility index (Phi) is 6.02. The highest BCUT2D eigenvalue weighted by atomic mass is 79.9.